The number of hydrogen-bond donors (Lipinski definition) is 0. The summed E-state index contributed by atoms with van der Waals surface area (Å²) >= 11 is 0. The molecule has 152 valence electrons. The molecule has 1 aromatic heterocycles. The van der Waals surface area contributed by atoms with E-state index in [4.69, 9.17) is 4.42 Å². The molecule has 0 saturated heterocycles. The van der Waals surface area contributed by atoms with Gasteiger partial charge >= 0.3 is 0 Å². The average molecular weight is 404 g/mol. The molecule has 0 unspecified atom stereocenters. The number of rotatable bonds is 7. The van der Waals surface area contributed by atoms with Crippen LogP contribution in [0.4, 0.5) is 0 Å². The maximum absolute atomic E-state index is 12.6. The number of aromatic nitrogens is 1. The first-order valence-corrected chi connectivity index (χ1v) is 11.9. The van der Waals surface area contributed by atoms with Gasteiger partial charge in [0.15, 0.2) is 9.84 Å². The molecule has 3 rings (SSSR count). The number of carbonyl (C=O) groups is 1. The smallest absolute Gasteiger partial charge is 0.226 e. The van der Waals surface area contributed by atoms with E-state index in [1.807, 2.05) is 31.2 Å². The van der Waals surface area contributed by atoms with Crippen molar-refractivity contribution < 1.29 is 17.6 Å². The van der Waals surface area contributed by atoms with Crippen molar-refractivity contribution in [3.63, 3.8) is 0 Å². The molecular formula is C22H29NO4S. The van der Waals surface area contributed by atoms with Gasteiger partial charge in [-0.2, -0.15) is 0 Å². The SMILES string of the molecule is Cc1ccc(-c2nc(CS(=O)(=O)CC(=O)CC3CCCCCC3)c(C)o2)cc1. The molecule has 0 amide bonds. The molecule has 28 heavy (non-hydrogen) atoms. The van der Waals surface area contributed by atoms with Gasteiger partial charge in [0, 0.05) is 12.0 Å². The topological polar surface area (TPSA) is 77.2 Å². The van der Waals surface area contributed by atoms with E-state index in [-0.39, 0.29) is 11.5 Å². The molecule has 0 atom stereocenters. The normalized spacial score (nSPS) is 16.1. The zero-order valence-electron chi connectivity index (χ0n) is 16.7. The van der Waals surface area contributed by atoms with Gasteiger partial charge in [0.2, 0.25) is 5.89 Å². The number of hydrogen-bond acceptors (Lipinski definition) is 5. The number of aryl methyl sites for hydroxylation is 2. The number of oxazole rings is 1. The van der Waals surface area contributed by atoms with Gasteiger partial charge in [0.1, 0.15) is 17.3 Å². The molecule has 0 radical (unpaired) electrons. The lowest BCUT2D eigenvalue weighted by molar-refractivity contribution is -0.117. The Balaban J connectivity index is 1.63. The van der Waals surface area contributed by atoms with Crippen LogP contribution >= 0.6 is 0 Å². The molecule has 6 heteroatoms. The summed E-state index contributed by atoms with van der Waals surface area (Å²) in [5.74, 6) is 0.391. The monoisotopic (exact) mass is 403 g/mol. The number of carbonyl (C=O) groups excluding carboxylic acids is 1. The maximum atomic E-state index is 12.6. The second kappa shape index (κ2) is 9.03. The van der Waals surface area contributed by atoms with Crippen LogP contribution in [0.25, 0.3) is 11.5 Å². The molecule has 1 aliphatic carbocycles. The molecule has 0 spiro atoms. The molecule has 1 aromatic carbocycles. The molecule has 1 aliphatic rings. The Bertz CT molecular complexity index is 905. The highest BCUT2D eigenvalue weighted by Crippen LogP contribution is 2.26. The minimum atomic E-state index is -3.56. The van der Waals surface area contributed by atoms with Gasteiger partial charge in [0.25, 0.3) is 0 Å². The quantitative estimate of drug-likeness (QED) is 0.621. The summed E-state index contributed by atoms with van der Waals surface area (Å²) in [4.78, 5) is 16.7. The fourth-order valence-electron chi connectivity index (χ4n) is 3.84. The maximum Gasteiger partial charge on any atom is 0.226 e. The van der Waals surface area contributed by atoms with Gasteiger partial charge in [-0.25, -0.2) is 13.4 Å². The summed E-state index contributed by atoms with van der Waals surface area (Å²) < 4.78 is 30.8. The van der Waals surface area contributed by atoms with E-state index in [0.717, 1.165) is 36.8 Å². The lowest BCUT2D eigenvalue weighted by Crippen LogP contribution is -2.20. The Morgan fingerprint density at radius 1 is 1.07 bits per heavy atom. The second-order valence-corrected chi connectivity index (χ2v) is 10.1. The highest BCUT2D eigenvalue weighted by atomic mass is 32.2. The van der Waals surface area contributed by atoms with E-state index in [1.165, 1.54) is 12.8 Å². The van der Waals surface area contributed by atoms with Crippen molar-refractivity contribution in [1.29, 1.82) is 0 Å². The molecule has 0 aliphatic heterocycles. The van der Waals surface area contributed by atoms with Crippen molar-refractivity contribution in [3.05, 3.63) is 41.3 Å². The van der Waals surface area contributed by atoms with Crippen LogP contribution in [0.1, 0.15) is 62.0 Å². The van der Waals surface area contributed by atoms with E-state index in [0.29, 0.717) is 29.7 Å². The summed E-state index contributed by atoms with van der Waals surface area (Å²) in [5, 5.41) is 0. The Morgan fingerprint density at radius 2 is 1.71 bits per heavy atom. The Labute approximate surface area is 167 Å². The molecule has 1 saturated carbocycles. The van der Waals surface area contributed by atoms with Gasteiger partial charge < -0.3 is 4.42 Å². The fraction of sp³-hybridized carbons (Fsp3) is 0.545. The largest absolute Gasteiger partial charge is 0.441 e. The highest BCUT2D eigenvalue weighted by Gasteiger charge is 2.24. The van der Waals surface area contributed by atoms with Crippen LogP contribution in [0.3, 0.4) is 0 Å². The number of ketones is 1. The summed E-state index contributed by atoms with van der Waals surface area (Å²) in [7, 11) is -3.56. The van der Waals surface area contributed by atoms with Crippen LogP contribution < -0.4 is 0 Å². The predicted molar refractivity (Wildman–Crippen MR) is 110 cm³/mol. The summed E-state index contributed by atoms with van der Waals surface area (Å²) in [6.45, 7) is 3.71. The molecule has 0 bridgehead atoms. The number of benzene rings is 1. The van der Waals surface area contributed by atoms with Crippen molar-refractivity contribution in [1.82, 2.24) is 4.98 Å². The first kappa shape index (κ1) is 20.8. The molecular weight excluding hydrogens is 374 g/mol. The zero-order chi connectivity index (χ0) is 20.1. The predicted octanol–water partition coefficient (Wildman–Crippen LogP) is 4.80. The third kappa shape index (κ3) is 5.77. The van der Waals surface area contributed by atoms with Crippen molar-refractivity contribution in [3.8, 4) is 11.5 Å². The Kier molecular flexibility index (Phi) is 6.70. The minimum absolute atomic E-state index is 0.174. The van der Waals surface area contributed by atoms with Crippen LogP contribution in [-0.2, 0) is 20.4 Å². The average Bonchev–Trinajstić information content (AvgIpc) is 2.81. The van der Waals surface area contributed by atoms with Crippen LogP contribution in [0.2, 0.25) is 0 Å². The lowest BCUT2D eigenvalue weighted by Gasteiger charge is -2.12. The molecule has 2 aromatic rings. The minimum Gasteiger partial charge on any atom is -0.441 e. The second-order valence-electron chi connectivity index (χ2n) is 8.02. The molecule has 0 N–H and O–H groups in total. The lowest BCUT2D eigenvalue weighted by atomic mass is 9.95. The van der Waals surface area contributed by atoms with Gasteiger partial charge in [-0.05, 0) is 31.9 Å². The number of Topliss-reactive ketones (excluding diaryl/α,β-unsaturated/α-hetero) is 1. The van der Waals surface area contributed by atoms with E-state index in [1.54, 1.807) is 6.92 Å². The fourth-order valence-corrected chi connectivity index (χ4v) is 5.23. The zero-order valence-corrected chi connectivity index (χ0v) is 17.6. The third-order valence-corrected chi connectivity index (χ3v) is 6.89. The van der Waals surface area contributed by atoms with E-state index >= 15 is 0 Å². The van der Waals surface area contributed by atoms with Gasteiger partial charge in [-0.15, -0.1) is 0 Å². The van der Waals surface area contributed by atoms with Crippen molar-refractivity contribution in [2.45, 2.75) is 64.5 Å². The molecule has 1 fully saturated rings. The van der Waals surface area contributed by atoms with Crippen LogP contribution in [0.15, 0.2) is 28.7 Å². The standard InChI is InChI=1S/C22H29NO4S/c1-16-9-11-19(12-10-16)22-23-21(17(2)27-22)15-28(25,26)14-20(24)13-18-7-5-3-4-6-8-18/h9-12,18H,3-8,13-15H2,1-2H3. The van der Waals surface area contributed by atoms with Gasteiger partial charge in [-0.3, -0.25) is 4.79 Å². The van der Waals surface area contributed by atoms with Crippen molar-refractivity contribution in [2.24, 2.45) is 5.92 Å². The van der Waals surface area contributed by atoms with Gasteiger partial charge in [0.05, 0.1) is 11.4 Å². The van der Waals surface area contributed by atoms with Crippen molar-refractivity contribution >= 4 is 15.6 Å². The van der Waals surface area contributed by atoms with E-state index in [2.05, 4.69) is 4.98 Å². The van der Waals surface area contributed by atoms with Crippen LogP contribution in [0, 0.1) is 19.8 Å². The van der Waals surface area contributed by atoms with E-state index in [9.17, 15) is 13.2 Å². The van der Waals surface area contributed by atoms with E-state index < -0.39 is 15.6 Å². The number of nitrogens with zero attached hydrogens (tertiary/aromatic N) is 1. The third-order valence-electron chi connectivity index (χ3n) is 5.42. The first-order chi connectivity index (χ1) is 13.3. The molecule has 5 nitrogen and oxygen atoms in total. The van der Waals surface area contributed by atoms with Gasteiger partial charge in [-0.1, -0.05) is 56.2 Å². The molecule has 1 heterocycles. The van der Waals surface area contributed by atoms with Crippen LogP contribution in [0.5, 0.6) is 0 Å². The first-order valence-electron chi connectivity index (χ1n) is 10.1. The summed E-state index contributed by atoms with van der Waals surface area (Å²) in [6.07, 6.45) is 7.18. The summed E-state index contributed by atoms with van der Waals surface area (Å²) in [6, 6.07) is 7.71. The Morgan fingerprint density at radius 3 is 2.36 bits per heavy atom. The summed E-state index contributed by atoms with van der Waals surface area (Å²) in [5.41, 5.74) is 2.32. The Hall–Kier alpha value is -1.95. The van der Waals surface area contributed by atoms with Crippen LogP contribution in [-0.4, -0.2) is 24.9 Å². The van der Waals surface area contributed by atoms with Crippen molar-refractivity contribution in [2.75, 3.05) is 5.75 Å². The highest BCUT2D eigenvalue weighted by molar-refractivity contribution is 7.91. The number of sulfone groups is 1.